The Morgan fingerprint density at radius 2 is 2.29 bits per heavy atom. The van der Waals surface area contributed by atoms with Gasteiger partial charge in [-0.15, -0.1) is 6.42 Å². The Morgan fingerprint density at radius 1 is 1.53 bits per heavy atom. The van der Waals surface area contributed by atoms with Gasteiger partial charge in [0.15, 0.2) is 6.29 Å². The molecule has 88 valence electrons. The van der Waals surface area contributed by atoms with Crippen molar-refractivity contribution in [3.8, 4) is 12.3 Å². The molecule has 0 saturated heterocycles. The van der Waals surface area contributed by atoms with Gasteiger partial charge in [0.05, 0.1) is 6.54 Å². The summed E-state index contributed by atoms with van der Waals surface area (Å²) in [6.45, 7) is 3.53. The summed E-state index contributed by atoms with van der Waals surface area (Å²) in [7, 11) is 0. The largest absolute Gasteiger partial charge is 0.360 e. The van der Waals surface area contributed by atoms with Crippen LogP contribution in [0.1, 0.15) is 28.8 Å². The van der Waals surface area contributed by atoms with E-state index in [1.54, 1.807) is 0 Å². The topological polar surface area (TPSA) is 20.3 Å². The van der Waals surface area contributed by atoms with Gasteiger partial charge in [-0.3, -0.25) is 4.79 Å². The smallest absolute Gasteiger partial charge is 0.152 e. The number of carbonyl (C=O) groups excluding carboxylic acids is 1. The maximum atomic E-state index is 11.1. The summed E-state index contributed by atoms with van der Waals surface area (Å²) >= 11 is 0. The molecule has 0 unspecified atom stereocenters. The number of nitrogens with zero attached hydrogens (tertiary/aromatic N) is 1. The summed E-state index contributed by atoms with van der Waals surface area (Å²) in [5.41, 5.74) is 2.80. The summed E-state index contributed by atoms with van der Waals surface area (Å²) in [6, 6.07) is 5.94. The highest BCUT2D eigenvalue weighted by molar-refractivity contribution is 5.85. The average molecular weight is 227 g/mol. The van der Waals surface area contributed by atoms with E-state index in [0.29, 0.717) is 6.54 Å². The van der Waals surface area contributed by atoms with Crippen LogP contribution in [0, 0.1) is 25.2 Å². The van der Waals surface area contributed by atoms with Crippen molar-refractivity contribution >= 4 is 12.0 Å². The van der Waals surface area contributed by atoms with E-state index < -0.39 is 0 Å². The minimum absolute atomic E-state index is 0.570. The second-order valence-electron chi connectivity index (χ2n) is 4.71. The number of aldehydes is 1. The van der Waals surface area contributed by atoms with Crippen LogP contribution in [0.15, 0.2) is 18.2 Å². The van der Waals surface area contributed by atoms with Gasteiger partial charge >= 0.3 is 0 Å². The maximum Gasteiger partial charge on any atom is 0.152 e. The third-order valence-electron chi connectivity index (χ3n) is 3.11. The molecule has 1 aliphatic carbocycles. The molecule has 0 heterocycles. The fourth-order valence-corrected chi connectivity index (χ4v) is 2.03. The van der Waals surface area contributed by atoms with Crippen LogP contribution in [0.4, 0.5) is 5.69 Å². The van der Waals surface area contributed by atoms with Crippen LogP contribution in [-0.2, 0) is 0 Å². The van der Waals surface area contributed by atoms with E-state index in [1.165, 1.54) is 12.8 Å². The van der Waals surface area contributed by atoms with Crippen molar-refractivity contribution in [2.45, 2.75) is 19.8 Å². The predicted molar refractivity (Wildman–Crippen MR) is 70.3 cm³/mol. The lowest BCUT2D eigenvalue weighted by atomic mass is 10.1. The second kappa shape index (κ2) is 5.05. The quantitative estimate of drug-likeness (QED) is 0.569. The highest BCUT2D eigenvalue weighted by Gasteiger charge is 2.25. The summed E-state index contributed by atoms with van der Waals surface area (Å²) in [6.07, 6.45) is 8.88. The number of hydrogen-bond acceptors (Lipinski definition) is 2. The fourth-order valence-electron chi connectivity index (χ4n) is 2.03. The molecule has 1 fully saturated rings. The van der Waals surface area contributed by atoms with Gasteiger partial charge < -0.3 is 4.90 Å². The zero-order chi connectivity index (χ0) is 12.3. The average Bonchev–Trinajstić information content (AvgIpc) is 3.12. The first-order chi connectivity index (χ1) is 8.24. The highest BCUT2D eigenvalue weighted by atomic mass is 16.1. The number of anilines is 1. The van der Waals surface area contributed by atoms with E-state index in [0.717, 1.165) is 35.6 Å². The van der Waals surface area contributed by atoms with E-state index in [2.05, 4.69) is 10.8 Å². The van der Waals surface area contributed by atoms with Crippen LogP contribution < -0.4 is 4.90 Å². The van der Waals surface area contributed by atoms with Gasteiger partial charge in [0.2, 0.25) is 0 Å². The molecule has 0 aromatic heterocycles. The minimum Gasteiger partial charge on any atom is -0.360 e. The van der Waals surface area contributed by atoms with Gasteiger partial charge in [0.1, 0.15) is 0 Å². The SMILES string of the molecule is C#CCN(CC1CC1)c1ccc(C)cc1C=O. The molecule has 0 amide bonds. The number of aryl methyl sites for hydroxylation is 1. The first-order valence-electron chi connectivity index (χ1n) is 5.99. The van der Waals surface area contributed by atoms with Gasteiger partial charge in [0, 0.05) is 17.8 Å². The van der Waals surface area contributed by atoms with Gasteiger partial charge in [-0.2, -0.15) is 0 Å². The minimum atomic E-state index is 0.570. The summed E-state index contributed by atoms with van der Waals surface area (Å²) in [5.74, 6) is 3.43. The lowest BCUT2D eigenvalue weighted by Gasteiger charge is -2.24. The van der Waals surface area contributed by atoms with Crippen LogP contribution in [0.2, 0.25) is 0 Å². The third kappa shape index (κ3) is 2.88. The Labute approximate surface area is 103 Å². The first kappa shape index (κ1) is 11.7. The van der Waals surface area contributed by atoms with Crippen LogP contribution in [0.25, 0.3) is 0 Å². The third-order valence-corrected chi connectivity index (χ3v) is 3.11. The lowest BCUT2D eigenvalue weighted by Crippen LogP contribution is -2.27. The van der Waals surface area contributed by atoms with Gasteiger partial charge in [-0.05, 0) is 37.8 Å². The fraction of sp³-hybridized carbons (Fsp3) is 0.400. The second-order valence-corrected chi connectivity index (χ2v) is 4.71. The van der Waals surface area contributed by atoms with Gasteiger partial charge in [-0.1, -0.05) is 17.6 Å². The Morgan fingerprint density at radius 3 is 2.88 bits per heavy atom. The van der Waals surface area contributed by atoms with Crippen LogP contribution in [-0.4, -0.2) is 19.4 Å². The Balaban J connectivity index is 2.27. The monoisotopic (exact) mass is 227 g/mol. The highest BCUT2D eigenvalue weighted by Crippen LogP contribution is 2.32. The number of benzene rings is 1. The van der Waals surface area contributed by atoms with Crippen molar-refractivity contribution in [2.75, 3.05) is 18.0 Å². The van der Waals surface area contributed by atoms with Crippen molar-refractivity contribution in [3.05, 3.63) is 29.3 Å². The molecule has 0 atom stereocenters. The zero-order valence-electron chi connectivity index (χ0n) is 10.1. The van der Waals surface area contributed by atoms with Crippen LogP contribution >= 0.6 is 0 Å². The Bertz CT molecular complexity index is 454. The number of hydrogen-bond donors (Lipinski definition) is 0. The molecule has 0 spiro atoms. The molecule has 2 heteroatoms. The summed E-state index contributed by atoms with van der Waals surface area (Å²) in [4.78, 5) is 13.3. The lowest BCUT2D eigenvalue weighted by molar-refractivity contribution is 0.112. The van der Waals surface area contributed by atoms with Crippen molar-refractivity contribution in [3.63, 3.8) is 0 Å². The molecule has 2 nitrogen and oxygen atoms in total. The van der Waals surface area contributed by atoms with E-state index in [1.807, 2.05) is 25.1 Å². The number of carbonyl (C=O) groups is 1. The molecular formula is C15H17NO. The molecule has 0 aliphatic heterocycles. The van der Waals surface area contributed by atoms with E-state index >= 15 is 0 Å². The van der Waals surface area contributed by atoms with E-state index in [9.17, 15) is 4.79 Å². The molecule has 2 rings (SSSR count). The van der Waals surface area contributed by atoms with Crippen molar-refractivity contribution < 1.29 is 4.79 Å². The molecule has 0 radical (unpaired) electrons. The maximum absolute atomic E-state index is 11.1. The van der Waals surface area contributed by atoms with Crippen LogP contribution in [0.5, 0.6) is 0 Å². The predicted octanol–water partition coefficient (Wildman–Crippen LogP) is 2.66. The van der Waals surface area contributed by atoms with Crippen molar-refractivity contribution in [2.24, 2.45) is 5.92 Å². The van der Waals surface area contributed by atoms with Gasteiger partial charge in [-0.25, -0.2) is 0 Å². The molecule has 1 aromatic carbocycles. The molecule has 1 saturated carbocycles. The Kier molecular flexibility index (Phi) is 3.49. The van der Waals surface area contributed by atoms with E-state index in [4.69, 9.17) is 6.42 Å². The molecule has 0 bridgehead atoms. The number of rotatable bonds is 5. The number of terminal acetylenes is 1. The summed E-state index contributed by atoms with van der Waals surface area (Å²) < 4.78 is 0. The Hall–Kier alpha value is -1.75. The molecule has 17 heavy (non-hydrogen) atoms. The van der Waals surface area contributed by atoms with Crippen LogP contribution in [0.3, 0.4) is 0 Å². The molecule has 0 N–H and O–H groups in total. The van der Waals surface area contributed by atoms with Gasteiger partial charge in [0.25, 0.3) is 0 Å². The normalized spacial score (nSPS) is 14.1. The standard InChI is InChI=1S/C15H17NO/c1-3-8-16(10-13-5-6-13)15-7-4-12(2)9-14(15)11-17/h1,4,7,9,11,13H,5-6,8,10H2,2H3. The van der Waals surface area contributed by atoms with E-state index in [-0.39, 0.29) is 0 Å². The van der Waals surface area contributed by atoms with Crippen molar-refractivity contribution in [1.29, 1.82) is 0 Å². The molecular weight excluding hydrogens is 210 g/mol. The first-order valence-corrected chi connectivity index (χ1v) is 5.99. The van der Waals surface area contributed by atoms with Crippen molar-refractivity contribution in [1.82, 2.24) is 0 Å². The zero-order valence-corrected chi connectivity index (χ0v) is 10.1. The molecule has 1 aliphatic rings. The summed E-state index contributed by atoms with van der Waals surface area (Å²) in [5, 5.41) is 0. The molecule has 1 aromatic rings.